The molecule has 178 valence electrons. The molecule has 1 fully saturated rings. The van der Waals surface area contributed by atoms with Gasteiger partial charge in [-0.25, -0.2) is 10.5 Å². The minimum Gasteiger partial charge on any atom is -0.365 e. The average Bonchev–Trinajstić information content (AvgIpc) is 3.27. The van der Waals surface area contributed by atoms with Crippen molar-refractivity contribution in [2.45, 2.75) is 25.5 Å². The molecule has 0 unspecified atom stereocenters. The van der Waals surface area contributed by atoms with Crippen molar-refractivity contribution < 1.29 is 19.5 Å². The summed E-state index contributed by atoms with van der Waals surface area (Å²) >= 11 is 12.6. The van der Waals surface area contributed by atoms with Crippen molar-refractivity contribution in [1.82, 2.24) is 24.7 Å². The quantitative estimate of drug-likeness (QED) is 0.416. The summed E-state index contributed by atoms with van der Waals surface area (Å²) in [5.41, 5.74) is 4.05. The van der Waals surface area contributed by atoms with E-state index in [-0.39, 0.29) is 17.6 Å². The van der Waals surface area contributed by atoms with Gasteiger partial charge in [0.1, 0.15) is 11.5 Å². The molecule has 12 heteroatoms. The summed E-state index contributed by atoms with van der Waals surface area (Å²) in [6.07, 6.45) is 4.66. The lowest BCUT2D eigenvalue weighted by atomic mass is 9.93. The van der Waals surface area contributed by atoms with Gasteiger partial charge in [0.25, 0.3) is 11.8 Å². The summed E-state index contributed by atoms with van der Waals surface area (Å²) in [5, 5.41) is 10.1. The van der Waals surface area contributed by atoms with Crippen molar-refractivity contribution in [2.24, 2.45) is 0 Å². The molecule has 0 radical (unpaired) electrons. The van der Waals surface area contributed by atoms with E-state index in [1.807, 2.05) is 17.9 Å². The van der Waals surface area contributed by atoms with Crippen molar-refractivity contribution in [3.05, 3.63) is 57.6 Å². The second kappa shape index (κ2) is 9.03. The van der Waals surface area contributed by atoms with Gasteiger partial charge in [-0.1, -0.05) is 23.2 Å². The van der Waals surface area contributed by atoms with Crippen LogP contribution in [0.2, 0.25) is 10.0 Å². The van der Waals surface area contributed by atoms with Crippen LogP contribution in [-0.4, -0.2) is 68.6 Å². The van der Waals surface area contributed by atoms with E-state index in [1.165, 1.54) is 12.4 Å². The first-order valence-corrected chi connectivity index (χ1v) is 11.6. The molecule has 2 aliphatic heterocycles. The standard InChI is InChI=1S/C22H22Cl2N6O4/c1-12-20-13(6-14(23)7-15(20)24)2-3-29(12)22(32)17-11-28(4-5-34-17)19-9-25-8-18-26-16(10-30(18)19)21(31)27-33/h6-10,12,17,33H,2-5,11H2,1H3,(H,27,31)/t12-,17+/m0/s1. The van der Waals surface area contributed by atoms with Gasteiger partial charge in [-0.15, -0.1) is 0 Å². The number of morpholine rings is 1. The van der Waals surface area contributed by atoms with Crippen LogP contribution in [0.4, 0.5) is 5.82 Å². The molecule has 1 saturated heterocycles. The Balaban J connectivity index is 1.38. The first-order valence-electron chi connectivity index (χ1n) is 10.8. The molecule has 0 spiro atoms. The predicted molar refractivity (Wildman–Crippen MR) is 124 cm³/mol. The maximum absolute atomic E-state index is 13.5. The number of hydrogen-bond acceptors (Lipinski definition) is 7. The van der Waals surface area contributed by atoms with Crippen LogP contribution >= 0.6 is 23.2 Å². The third kappa shape index (κ3) is 3.96. The highest BCUT2D eigenvalue weighted by Gasteiger charge is 2.36. The van der Waals surface area contributed by atoms with Gasteiger partial charge in [-0.2, -0.15) is 0 Å². The van der Waals surface area contributed by atoms with E-state index in [0.29, 0.717) is 54.2 Å². The summed E-state index contributed by atoms with van der Waals surface area (Å²) in [6, 6.07) is 3.40. The van der Waals surface area contributed by atoms with Crippen LogP contribution in [0.3, 0.4) is 0 Å². The molecule has 34 heavy (non-hydrogen) atoms. The lowest BCUT2D eigenvalue weighted by molar-refractivity contribution is -0.147. The van der Waals surface area contributed by atoms with Crippen LogP contribution in [0.25, 0.3) is 5.65 Å². The van der Waals surface area contributed by atoms with E-state index in [1.54, 1.807) is 27.0 Å². The number of fused-ring (bicyclic) bond motifs is 2. The van der Waals surface area contributed by atoms with Crippen LogP contribution in [0.1, 0.15) is 34.6 Å². The number of carbonyl (C=O) groups excluding carboxylic acids is 2. The van der Waals surface area contributed by atoms with Gasteiger partial charge in [-0.05, 0) is 36.6 Å². The van der Waals surface area contributed by atoms with Crippen molar-refractivity contribution >= 4 is 46.5 Å². The maximum atomic E-state index is 13.5. The van der Waals surface area contributed by atoms with E-state index >= 15 is 0 Å². The van der Waals surface area contributed by atoms with Crippen LogP contribution < -0.4 is 10.4 Å². The number of hydroxylamine groups is 1. The molecular formula is C22H22Cl2N6O4. The van der Waals surface area contributed by atoms with E-state index < -0.39 is 12.0 Å². The topological polar surface area (TPSA) is 112 Å². The first kappa shape index (κ1) is 22.9. The number of nitrogens with one attached hydrogen (secondary N) is 1. The molecule has 2 N–H and O–H groups in total. The fourth-order valence-corrected chi connectivity index (χ4v) is 5.39. The van der Waals surface area contributed by atoms with Crippen molar-refractivity contribution in [3.63, 3.8) is 0 Å². The SMILES string of the molecule is C[C@H]1c2c(Cl)cc(Cl)cc2CCN1C(=O)[C@H]1CN(c2cncc3nc(C(=O)NO)cn23)CCO1. The van der Waals surface area contributed by atoms with Crippen LogP contribution in [0.5, 0.6) is 0 Å². The van der Waals surface area contributed by atoms with Gasteiger partial charge < -0.3 is 14.5 Å². The number of nitrogens with zero attached hydrogens (tertiary/aromatic N) is 5. The third-order valence-corrected chi connectivity index (χ3v) is 6.86. The third-order valence-electron chi connectivity index (χ3n) is 6.33. The molecule has 2 amide bonds. The zero-order valence-electron chi connectivity index (χ0n) is 18.2. The zero-order valence-corrected chi connectivity index (χ0v) is 19.8. The Hall–Kier alpha value is -2.92. The molecule has 1 aromatic carbocycles. The molecule has 0 saturated carbocycles. The van der Waals surface area contributed by atoms with Gasteiger partial charge >= 0.3 is 0 Å². The highest BCUT2D eigenvalue weighted by Crippen LogP contribution is 2.37. The minimum atomic E-state index is -0.719. The van der Waals surface area contributed by atoms with Crippen LogP contribution in [0, 0.1) is 0 Å². The number of imidazole rings is 1. The molecule has 2 aromatic heterocycles. The van der Waals surface area contributed by atoms with E-state index in [2.05, 4.69) is 9.97 Å². The van der Waals surface area contributed by atoms with E-state index in [4.69, 9.17) is 33.1 Å². The number of ether oxygens (including phenoxy) is 1. The van der Waals surface area contributed by atoms with Crippen LogP contribution in [-0.2, 0) is 16.0 Å². The van der Waals surface area contributed by atoms with Crippen molar-refractivity contribution in [1.29, 1.82) is 0 Å². The number of benzene rings is 1. The smallest absolute Gasteiger partial charge is 0.294 e. The van der Waals surface area contributed by atoms with Crippen LogP contribution in [0.15, 0.2) is 30.7 Å². The summed E-state index contributed by atoms with van der Waals surface area (Å²) in [7, 11) is 0. The van der Waals surface area contributed by atoms with Gasteiger partial charge in [0.05, 0.1) is 31.6 Å². The molecule has 2 atom stereocenters. The lowest BCUT2D eigenvalue weighted by Crippen LogP contribution is -2.53. The Kier molecular flexibility index (Phi) is 6.07. The monoisotopic (exact) mass is 504 g/mol. The first-order chi connectivity index (χ1) is 16.4. The Morgan fingerprint density at radius 3 is 2.85 bits per heavy atom. The van der Waals surface area contributed by atoms with Gasteiger partial charge in [-0.3, -0.25) is 24.2 Å². The van der Waals surface area contributed by atoms with E-state index in [0.717, 1.165) is 11.1 Å². The number of hydrogen-bond donors (Lipinski definition) is 2. The Morgan fingerprint density at radius 2 is 2.06 bits per heavy atom. The number of aromatic nitrogens is 3. The fourth-order valence-electron chi connectivity index (χ4n) is 4.70. The number of amides is 2. The summed E-state index contributed by atoms with van der Waals surface area (Å²) in [4.78, 5) is 37.5. The molecule has 2 aliphatic rings. The lowest BCUT2D eigenvalue weighted by Gasteiger charge is -2.40. The van der Waals surface area contributed by atoms with Gasteiger partial charge in [0.2, 0.25) is 0 Å². The van der Waals surface area contributed by atoms with E-state index in [9.17, 15) is 9.59 Å². The molecule has 0 bridgehead atoms. The molecular weight excluding hydrogens is 483 g/mol. The fraction of sp³-hybridized carbons (Fsp3) is 0.364. The van der Waals surface area contributed by atoms with Gasteiger partial charge in [0, 0.05) is 29.3 Å². The Labute approximate surface area is 205 Å². The molecule has 4 heterocycles. The summed E-state index contributed by atoms with van der Waals surface area (Å²) < 4.78 is 7.58. The number of halogens is 2. The van der Waals surface area contributed by atoms with Crippen molar-refractivity contribution in [2.75, 3.05) is 31.1 Å². The minimum absolute atomic E-state index is 0.0513. The van der Waals surface area contributed by atoms with Gasteiger partial charge in [0.15, 0.2) is 11.8 Å². The normalized spacial score (nSPS) is 20.4. The zero-order chi connectivity index (χ0) is 24.0. The highest BCUT2D eigenvalue weighted by molar-refractivity contribution is 6.35. The number of anilines is 1. The maximum Gasteiger partial charge on any atom is 0.294 e. The second-order valence-electron chi connectivity index (χ2n) is 8.28. The number of carbonyl (C=O) groups is 2. The molecule has 0 aliphatic carbocycles. The average molecular weight is 505 g/mol. The molecule has 5 rings (SSSR count). The molecule has 3 aromatic rings. The Morgan fingerprint density at radius 1 is 1.24 bits per heavy atom. The Bertz CT molecular complexity index is 1280. The van der Waals surface area contributed by atoms with Crippen molar-refractivity contribution in [3.8, 4) is 0 Å². The summed E-state index contributed by atoms with van der Waals surface area (Å²) in [5.74, 6) is -0.165. The second-order valence-corrected chi connectivity index (χ2v) is 9.13. The highest BCUT2D eigenvalue weighted by atomic mass is 35.5. The number of rotatable bonds is 3. The largest absolute Gasteiger partial charge is 0.365 e. The predicted octanol–water partition coefficient (Wildman–Crippen LogP) is 2.51. The summed E-state index contributed by atoms with van der Waals surface area (Å²) in [6.45, 7) is 3.69. The molecule has 10 nitrogen and oxygen atoms in total.